The van der Waals surface area contributed by atoms with E-state index in [1.807, 2.05) is 13.8 Å². The molecule has 20 heavy (non-hydrogen) atoms. The van der Waals surface area contributed by atoms with Gasteiger partial charge in [0.05, 0.1) is 25.1 Å². The Balaban J connectivity index is 2.43. The van der Waals surface area contributed by atoms with Crippen molar-refractivity contribution in [3.63, 3.8) is 0 Å². The molecule has 0 fully saturated rings. The van der Waals surface area contributed by atoms with Crippen molar-refractivity contribution in [2.45, 2.75) is 25.8 Å². The van der Waals surface area contributed by atoms with Crippen LogP contribution in [-0.4, -0.2) is 55.4 Å². The molecule has 0 saturated carbocycles. The van der Waals surface area contributed by atoms with Gasteiger partial charge in [0.1, 0.15) is 5.52 Å². The largest absolute Gasteiger partial charge is 0.394 e. The Morgan fingerprint density at radius 1 is 1.25 bits per heavy atom. The molecule has 5 N–H and O–H groups in total. The van der Waals surface area contributed by atoms with E-state index in [-0.39, 0.29) is 13.2 Å². The lowest BCUT2D eigenvalue weighted by Crippen LogP contribution is -2.45. The molecular formula is C12H20N6O2. The minimum absolute atomic E-state index is 0.198. The predicted octanol–water partition coefficient (Wildman–Crippen LogP) is 0.330. The molecule has 0 aliphatic rings. The van der Waals surface area contributed by atoms with Crippen LogP contribution in [0.15, 0.2) is 6.33 Å². The first-order valence-electron chi connectivity index (χ1n) is 6.63. The zero-order valence-electron chi connectivity index (χ0n) is 11.6. The second kappa shape index (κ2) is 6.02. The van der Waals surface area contributed by atoms with Crippen molar-refractivity contribution in [1.29, 1.82) is 0 Å². The third-order valence-electron chi connectivity index (χ3n) is 3.29. The third-order valence-corrected chi connectivity index (χ3v) is 3.29. The monoisotopic (exact) mass is 280 g/mol. The molecule has 2 aromatic rings. The summed E-state index contributed by atoms with van der Waals surface area (Å²) in [7, 11) is 0. The fourth-order valence-electron chi connectivity index (χ4n) is 1.85. The molecule has 0 radical (unpaired) electrons. The van der Waals surface area contributed by atoms with E-state index in [1.165, 1.54) is 6.33 Å². The van der Waals surface area contributed by atoms with Crippen LogP contribution in [-0.2, 0) is 0 Å². The van der Waals surface area contributed by atoms with E-state index in [9.17, 15) is 10.2 Å². The number of aromatic nitrogens is 4. The molecule has 2 heterocycles. The maximum atomic E-state index is 9.53. The van der Waals surface area contributed by atoms with Gasteiger partial charge in [-0.1, -0.05) is 6.92 Å². The number of aliphatic hydroxyl groups excluding tert-OH is 2. The van der Waals surface area contributed by atoms with Crippen LogP contribution < -0.4 is 10.6 Å². The SMILES string of the molecule is CCNc1nc(NC(CC)(CO)CO)c2[nH]cnc2n1. The number of H-pyrrole nitrogens is 1. The van der Waals surface area contributed by atoms with Gasteiger partial charge < -0.3 is 25.8 Å². The first-order valence-corrected chi connectivity index (χ1v) is 6.63. The van der Waals surface area contributed by atoms with Gasteiger partial charge in [0.15, 0.2) is 11.5 Å². The Morgan fingerprint density at radius 3 is 2.60 bits per heavy atom. The van der Waals surface area contributed by atoms with Crippen LogP contribution in [0.25, 0.3) is 11.2 Å². The Hall–Kier alpha value is -1.93. The topological polar surface area (TPSA) is 119 Å². The number of aromatic amines is 1. The number of anilines is 2. The molecule has 0 aliphatic carbocycles. The molecule has 8 nitrogen and oxygen atoms in total. The molecular weight excluding hydrogens is 260 g/mol. The van der Waals surface area contributed by atoms with E-state index < -0.39 is 5.54 Å². The quantitative estimate of drug-likeness (QED) is 0.496. The number of hydrogen-bond acceptors (Lipinski definition) is 7. The number of fused-ring (bicyclic) bond motifs is 1. The predicted molar refractivity (Wildman–Crippen MR) is 76.7 cm³/mol. The molecule has 2 aromatic heterocycles. The summed E-state index contributed by atoms with van der Waals surface area (Å²) in [5, 5.41) is 25.2. The highest BCUT2D eigenvalue weighted by molar-refractivity contribution is 5.84. The highest BCUT2D eigenvalue weighted by Crippen LogP contribution is 2.23. The van der Waals surface area contributed by atoms with Crippen LogP contribution in [0.4, 0.5) is 11.8 Å². The summed E-state index contributed by atoms with van der Waals surface area (Å²) >= 11 is 0. The molecule has 0 aromatic carbocycles. The van der Waals surface area contributed by atoms with Gasteiger partial charge >= 0.3 is 0 Å². The summed E-state index contributed by atoms with van der Waals surface area (Å²) < 4.78 is 0. The van der Waals surface area contributed by atoms with Crippen LogP contribution in [0.3, 0.4) is 0 Å². The lowest BCUT2D eigenvalue weighted by Gasteiger charge is -2.30. The minimum atomic E-state index is -0.824. The summed E-state index contributed by atoms with van der Waals surface area (Å²) in [6.07, 6.45) is 2.09. The molecule has 2 rings (SSSR count). The van der Waals surface area contributed by atoms with E-state index in [4.69, 9.17) is 0 Å². The van der Waals surface area contributed by atoms with Crippen molar-refractivity contribution in [2.75, 3.05) is 30.4 Å². The third kappa shape index (κ3) is 2.66. The number of imidazole rings is 1. The van der Waals surface area contributed by atoms with Crippen LogP contribution in [0.2, 0.25) is 0 Å². The van der Waals surface area contributed by atoms with Crippen LogP contribution in [0, 0.1) is 0 Å². The van der Waals surface area contributed by atoms with Gasteiger partial charge in [-0.25, -0.2) is 4.98 Å². The van der Waals surface area contributed by atoms with E-state index in [2.05, 4.69) is 30.6 Å². The summed E-state index contributed by atoms with van der Waals surface area (Å²) in [5.41, 5.74) is 0.348. The molecule has 0 aliphatic heterocycles. The van der Waals surface area contributed by atoms with Crippen molar-refractivity contribution in [1.82, 2.24) is 19.9 Å². The summed E-state index contributed by atoms with van der Waals surface area (Å²) in [6.45, 7) is 4.12. The van der Waals surface area contributed by atoms with Gasteiger partial charge in [-0.05, 0) is 13.3 Å². The average Bonchev–Trinajstić information content (AvgIpc) is 2.94. The first kappa shape index (κ1) is 14.5. The Kier molecular flexibility index (Phi) is 4.35. The molecule has 0 amide bonds. The van der Waals surface area contributed by atoms with Crippen molar-refractivity contribution in [3.8, 4) is 0 Å². The maximum Gasteiger partial charge on any atom is 0.226 e. The van der Waals surface area contributed by atoms with Gasteiger partial charge in [-0.15, -0.1) is 0 Å². The van der Waals surface area contributed by atoms with Crippen molar-refractivity contribution in [3.05, 3.63) is 6.33 Å². The highest BCUT2D eigenvalue weighted by Gasteiger charge is 2.28. The smallest absolute Gasteiger partial charge is 0.226 e. The highest BCUT2D eigenvalue weighted by atomic mass is 16.3. The first-order chi connectivity index (χ1) is 9.68. The van der Waals surface area contributed by atoms with Crippen molar-refractivity contribution >= 4 is 22.9 Å². The van der Waals surface area contributed by atoms with Crippen molar-refractivity contribution in [2.24, 2.45) is 0 Å². The summed E-state index contributed by atoms with van der Waals surface area (Å²) in [4.78, 5) is 15.7. The van der Waals surface area contributed by atoms with Crippen LogP contribution >= 0.6 is 0 Å². The fourth-order valence-corrected chi connectivity index (χ4v) is 1.85. The number of rotatable bonds is 7. The molecule has 0 bridgehead atoms. The van der Waals surface area contributed by atoms with Gasteiger partial charge in [-0.3, -0.25) is 0 Å². The Bertz CT molecular complexity index is 558. The zero-order chi connectivity index (χ0) is 14.6. The number of aliphatic hydroxyl groups is 2. The zero-order valence-corrected chi connectivity index (χ0v) is 11.6. The van der Waals surface area contributed by atoms with Gasteiger partial charge in [0.2, 0.25) is 5.95 Å². The van der Waals surface area contributed by atoms with Crippen LogP contribution in [0.1, 0.15) is 20.3 Å². The molecule has 0 spiro atoms. The van der Waals surface area contributed by atoms with Gasteiger partial charge in [-0.2, -0.15) is 9.97 Å². The van der Waals surface area contributed by atoms with Gasteiger partial charge in [0, 0.05) is 6.54 Å². The van der Waals surface area contributed by atoms with Crippen LogP contribution in [0.5, 0.6) is 0 Å². The lowest BCUT2D eigenvalue weighted by atomic mass is 9.98. The standard InChI is InChI=1S/C12H20N6O2/c1-3-12(5-19,6-20)18-10-8-9(15-7-14-8)16-11(17-10)13-4-2/h7,19-20H,3-6H2,1-2H3,(H3,13,14,15,16,17,18). The molecule has 8 heteroatoms. The summed E-state index contributed by atoms with van der Waals surface area (Å²) in [5.74, 6) is 0.962. The lowest BCUT2D eigenvalue weighted by molar-refractivity contribution is 0.132. The molecule has 0 atom stereocenters. The number of nitrogens with one attached hydrogen (secondary N) is 3. The number of nitrogens with zero attached hydrogens (tertiary/aromatic N) is 3. The Morgan fingerprint density at radius 2 is 2.00 bits per heavy atom. The summed E-state index contributed by atoms with van der Waals surface area (Å²) in [6, 6.07) is 0. The van der Waals surface area contributed by atoms with E-state index in [0.717, 1.165) is 0 Å². The van der Waals surface area contributed by atoms with Gasteiger partial charge in [0.25, 0.3) is 0 Å². The average molecular weight is 280 g/mol. The number of hydrogen-bond donors (Lipinski definition) is 5. The van der Waals surface area contributed by atoms with E-state index >= 15 is 0 Å². The molecule has 0 saturated heterocycles. The minimum Gasteiger partial charge on any atom is -0.394 e. The molecule has 0 unspecified atom stereocenters. The van der Waals surface area contributed by atoms with E-state index in [0.29, 0.717) is 35.9 Å². The second-order valence-corrected chi connectivity index (χ2v) is 4.60. The van der Waals surface area contributed by atoms with Crippen molar-refractivity contribution < 1.29 is 10.2 Å². The van der Waals surface area contributed by atoms with E-state index in [1.54, 1.807) is 0 Å². The fraction of sp³-hybridized carbons (Fsp3) is 0.583. The molecule has 110 valence electrons. The maximum absolute atomic E-state index is 9.53. The normalized spacial score (nSPS) is 11.8. The second-order valence-electron chi connectivity index (χ2n) is 4.60. The Labute approximate surface area is 116 Å².